The molecule has 0 spiro atoms. The van der Waals surface area contributed by atoms with Gasteiger partial charge in [-0.25, -0.2) is 9.65 Å². The Bertz CT molecular complexity index is 645. The maximum Gasteiger partial charge on any atom is 0.241 e. The second-order valence-corrected chi connectivity index (χ2v) is 8.43. The molecule has 0 aliphatic carbocycles. The highest BCUT2D eigenvalue weighted by molar-refractivity contribution is 7.76. The van der Waals surface area contributed by atoms with E-state index in [2.05, 4.69) is 16.6 Å². The van der Waals surface area contributed by atoms with Crippen molar-refractivity contribution in [2.45, 2.75) is 39.2 Å². The van der Waals surface area contributed by atoms with Crippen molar-refractivity contribution in [1.29, 1.82) is 0 Å². The van der Waals surface area contributed by atoms with Gasteiger partial charge in [-0.1, -0.05) is 31.0 Å². The lowest BCUT2D eigenvalue weighted by molar-refractivity contribution is 0.433. The van der Waals surface area contributed by atoms with Crippen molar-refractivity contribution >= 4 is 18.2 Å². The molecule has 4 nitrogen and oxygen atoms in total. The van der Waals surface area contributed by atoms with E-state index in [-0.39, 0.29) is 0 Å². The largest absolute Gasteiger partial charge is 0.328 e. The summed E-state index contributed by atoms with van der Waals surface area (Å²) in [5, 5.41) is 0.901. The average Bonchev–Trinajstić information content (AvgIpc) is 2.89. The van der Waals surface area contributed by atoms with Crippen LogP contribution in [0.3, 0.4) is 0 Å². The van der Waals surface area contributed by atoms with Crippen LogP contribution in [0.25, 0.3) is 0 Å². The van der Waals surface area contributed by atoms with E-state index in [9.17, 15) is 4.57 Å². The molecule has 2 heterocycles. The molecule has 5 heteroatoms. The van der Waals surface area contributed by atoms with E-state index in [4.69, 9.17) is 0 Å². The summed E-state index contributed by atoms with van der Waals surface area (Å²) in [7, 11) is -2.85. The van der Waals surface area contributed by atoms with Crippen LogP contribution in [-0.2, 0) is 11.1 Å². The molecule has 1 atom stereocenters. The van der Waals surface area contributed by atoms with Crippen LogP contribution in [0.5, 0.6) is 0 Å². The minimum atomic E-state index is -2.85. The molecule has 0 radical (unpaired) electrons. The quantitative estimate of drug-likeness (QED) is 0.814. The predicted molar refractivity (Wildman–Crippen MR) is 91.3 cm³/mol. The normalized spacial score (nSPS) is 19.5. The van der Waals surface area contributed by atoms with E-state index < -0.39 is 7.29 Å². The lowest BCUT2D eigenvalue weighted by Gasteiger charge is -2.30. The molecule has 22 heavy (non-hydrogen) atoms. The molecule has 0 saturated carbocycles. The van der Waals surface area contributed by atoms with Crippen LogP contribution in [-0.4, -0.2) is 27.3 Å². The first-order valence-corrected chi connectivity index (χ1v) is 9.85. The summed E-state index contributed by atoms with van der Waals surface area (Å²) in [6, 6.07) is 9.89. The maximum absolute atomic E-state index is 14.2. The van der Waals surface area contributed by atoms with Crippen LogP contribution in [0, 0.1) is 0 Å². The third-order valence-corrected chi connectivity index (χ3v) is 7.50. The summed E-state index contributed by atoms with van der Waals surface area (Å²) in [6.45, 7) is 4.65. The standard InChI is InChI=1S/C17H24N3OP/c1-2-19-15-12-18-17(19)22(21,16-10-6-5-7-11-16)20-13-8-3-4-9-14-20/h5-7,10-12,15H,2-4,8-9,13-14H2,1H3/t22-/m0/s1. The monoisotopic (exact) mass is 317 g/mol. The number of hydrogen-bond donors (Lipinski definition) is 0. The van der Waals surface area contributed by atoms with E-state index in [0.29, 0.717) is 0 Å². The Morgan fingerprint density at radius 3 is 2.41 bits per heavy atom. The van der Waals surface area contributed by atoms with Gasteiger partial charge in [0.25, 0.3) is 0 Å². The van der Waals surface area contributed by atoms with Gasteiger partial charge >= 0.3 is 0 Å². The van der Waals surface area contributed by atoms with Crippen molar-refractivity contribution in [3.8, 4) is 0 Å². The predicted octanol–water partition coefficient (Wildman–Crippen LogP) is 3.01. The molecule has 1 fully saturated rings. The Hall–Kier alpha value is -1.38. The highest BCUT2D eigenvalue weighted by Gasteiger charge is 2.38. The van der Waals surface area contributed by atoms with Crippen LogP contribution >= 0.6 is 7.29 Å². The summed E-state index contributed by atoms with van der Waals surface area (Å²) >= 11 is 0. The number of rotatable bonds is 4. The molecule has 118 valence electrons. The van der Waals surface area contributed by atoms with Gasteiger partial charge in [-0.05, 0) is 31.9 Å². The van der Waals surface area contributed by atoms with Crippen molar-refractivity contribution in [3.05, 3.63) is 42.7 Å². The van der Waals surface area contributed by atoms with Crippen LogP contribution < -0.4 is 10.9 Å². The van der Waals surface area contributed by atoms with Crippen molar-refractivity contribution in [3.63, 3.8) is 0 Å². The molecule has 3 rings (SSSR count). The van der Waals surface area contributed by atoms with Crippen molar-refractivity contribution in [2.24, 2.45) is 0 Å². The van der Waals surface area contributed by atoms with Crippen LogP contribution in [0.1, 0.15) is 32.6 Å². The summed E-state index contributed by atoms with van der Waals surface area (Å²) in [5.41, 5.74) is 0.725. The van der Waals surface area contributed by atoms with E-state index in [0.717, 1.165) is 43.3 Å². The average molecular weight is 317 g/mol. The Morgan fingerprint density at radius 1 is 1.09 bits per heavy atom. The van der Waals surface area contributed by atoms with E-state index in [1.165, 1.54) is 12.8 Å². The lowest BCUT2D eigenvalue weighted by atomic mass is 10.2. The van der Waals surface area contributed by atoms with E-state index in [1.807, 2.05) is 41.1 Å². The van der Waals surface area contributed by atoms with Gasteiger partial charge in [0.15, 0.2) is 5.57 Å². The number of nitrogens with zero attached hydrogens (tertiary/aromatic N) is 3. The summed E-state index contributed by atoms with van der Waals surface area (Å²) in [4.78, 5) is 4.50. The Balaban J connectivity index is 2.11. The van der Waals surface area contributed by atoms with Gasteiger partial charge in [-0.15, -0.1) is 0 Å². The SMILES string of the molecule is CCn1ccnc1[P@@](=O)(c1ccccc1)N1CCCCCC1. The van der Waals surface area contributed by atoms with Gasteiger partial charge in [-0.2, -0.15) is 0 Å². The number of imidazole rings is 1. The zero-order valence-electron chi connectivity index (χ0n) is 13.2. The molecule has 1 saturated heterocycles. The number of hydrogen-bond acceptors (Lipinski definition) is 2. The van der Waals surface area contributed by atoms with E-state index in [1.54, 1.807) is 6.20 Å². The van der Waals surface area contributed by atoms with Gasteiger partial charge in [0.2, 0.25) is 7.29 Å². The van der Waals surface area contributed by atoms with Crippen LogP contribution in [0.15, 0.2) is 42.7 Å². The summed E-state index contributed by atoms with van der Waals surface area (Å²) in [5.74, 6) is 0. The fourth-order valence-electron chi connectivity index (χ4n) is 3.19. The van der Waals surface area contributed by atoms with Gasteiger partial charge in [0.05, 0.1) is 0 Å². The Morgan fingerprint density at radius 2 is 1.77 bits per heavy atom. The number of aromatic nitrogens is 2. The summed E-state index contributed by atoms with van der Waals surface area (Å²) < 4.78 is 18.4. The Kier molecular flexibility index (Phi) is 4.80. The third kappa shape index (κ3) is 2.78. The lowest BCUT2D eigenvalue weighted by Crippen LogP contribution is -2.37. The topological polar surface area (TPSA) is 38.1 Å². The van der Waals surface area contributed by atoms with Gasteiger partial charge in [-0.3, -0.25) is 4.57 Å². The Labute approximate surface area is 132 Å². The first-order chi connectivity index (χ1) is 10.8. The highest BCUT2D eigenvalue weighted by atomic mass is 31.2. The van der Waals surface area contributed by atoms with Gasteiger partial charge in [0.1, 0.15) is 0 Å². The van der Waals surface area contributed by atoms with Gasteiger partial charge in [0, 0.05) is 37.3 Å². The minimum absolute atomic E-state index is 0.725. The fourth-order valence-corrected chi connectivity index (χ4v) is 6.20. The molecular formula is C17H24N3OP. The molecule has 1 aliphatic rings. The number of aryl methyl sites for hydroxylation is 1. The van der Waals surface area contributed by atoms with Gasteiger partial charge < -0.3 is 4.57 Å². The summed E-state index contributed by atoms with van der Waals surface area (Å²) in [6.07, 6.45) is 8.39. The van der Waals surface area contributed by atoms with Crippen molar-refractivity contribution < 1.29 is 4.57 Å². The molecule has 0 N–H and O–H groups in total. The fraction of sp³-hybridized carbons (Fsp3) is 0.471. The molecule has 1 aliphatic heterocycles. The second-order valence-electron chi connectivity index (χ2n) is 5.79. The molecule has 0 unspecified atom stereocenters. The van der Waals surface area contributed by atoms with Crippen molar-refractivity contribution in [1.82, 2.24) is 14.2 Å². The van der Waals surface area contributed by atoms with Crippen molar-refractivity contribution in [2.75, 3.05) is 13.1 Å². The molecule has 0 amide bonds. The van der Waals surface area contributed by atoms with Crippen LogP contribution in [0.2, 0.25) is 0 Å². The molecule has 2 aromatic rings. The molecule has 1 aromatic heterocycles. The zero-order chi connectivity index (χ0) is 15.4. The molecule has 0 bridgehead atoms. The minimum Gasteiger partial charge on any atom is -0.328 e. The second kappa shape index (κ2) is 6.80. The first-order valence-electron chi connectivity index (χ1n) is 8.19. The van der Waals surface area contributed by atoms with E-state index >= 15 is 0 Å². The molecular weight excluding hydrogens is 293 g/mol. The zero-order valence-corrected chi connectivity index (χ0v) is 14.1. The number of benzene rings is 1. The first kappa shape index (κ1) is 15.5. The molecule has 1 aromatic carbocycles. The maximum atomic E-state index is 14.2. The third-order valence-electron chi connectivity index (χ3n) is 4.39. The smallest absolute Gasteiger partial charge is 0.241 e. The highest BCUT2D eigenvalue weighted by Crippen LogP contribution is 2.47. The van der Waals surface area contributed by atoms with Crippen LogP contribution in [0.4, 0.5) is 0 Å².